The van der Waals surface area contributed by atoms with Gasteiger partial charge in [0.05, 0.1) is 12.5 Å². The molecule has 0 spiro atoms. The Kier molecular flexibility index (Phi) is 8.08. The second-order valence-corrected chi connectivity index (χ2v) is 8.71. The smallest absolute Gasteiger partial charge is 0.326 e. The molecule has 1 N–H and O–H groups in total. The van der Waals surface area contributed by atoms with Gasteiger partial charge >= 0.3 is 5.97 Å². The maximum atomic E-state index is 13.8. The molecular formula is C27H32N2O3. The quantitative estimate of drug-likeness (QED) is 0.705. The number of carbonyl (C=O) groups is 2. The summed E-state index contributed by atoms with van der Waals surface area (Å²) in [6, 6.07) is 18.4. The van der Waals surface area contributed by atoms with Crippen LogP contribution in [0.1, 0.15) is 43.7 Å². The van der Waals surface area contributed by atoms with Gasteiger partial charge in [0, 0.05) is 18.5 Å². The van der Waals surface area contributed by atoms with Crippen molar-refractivity contribution in [2.75, 3.05) is 20.1 Å². The van der Waals surface area contributed by atoms with E-state index in [0.717, 1.165) is 17.5 Å². The number of likely N-dealkylation sites (tertiary alicyclic amines) is 1. The van der Waals surface area contributed by atoms with Crippen molar-refractivity contribution in [1.82, 2.24) is 9.80 Å². The van der Waals surface area contributed by atoms with E-state index in [2.05, 4.69) is 16.7 Å². The van der Waals surface area contributed by atoms with Gasteiger partial charge in [0.15, 0.2) is 0 Å². The molecule has 0 aliphatic carbocycles. The zero-order valence-corrected chi connectivity index (χ0v) is 19.1. The minimum absolute atomic E-state index is 0.0773. The zero-order valence-electron chi connectivity index (χ0n) is 19.1. The lowest BCUT2D eigenvalue weighted by atomic mass is 9.87. The number of aliphatic carboxylic acids is 1. The third kappa shape index (κ3) is 5.77. The van der Waals surface area contributed by atoms with Gasteiger partial charge in [-0.2, -0.15) is 0 Å². The van der Waals surface area contributed by atoms with Crippen molar-refractivity contribution >= 4 is 11.9 Å². The Morgan fingerprint density at radius 2 is 1.62 bits per heavy atom. The molecule has 1 fully saturated rings. The van der Waals surface area contributed by atoms with Crippen LogP contribution in [-0.4, -0.2) is 59.0 Å². The van der Waals surface area contributed by atoms with Crippen LogP contribution in [0.4, 0.5) is 0 Å². The van der Waals surface area contributed by atoms with Gasteiger partial charge in [-0.3, -0.25) is 9.69 Å². The summed E-state index contributed by atoms with van der Waals surface area (Å²) in [6.45, 7) is 5.11. The first-order chi connectivity index (χ1) is 15.4. The van der Waals surface area contributed by atoms with E-state index in [-0.39, 0.29) is 11.9 Å². The summed E-state index contributed by atoms with van der Waals surface area (Å²) >= 11 is 0. The molecule has 1 aliphatic rings. The summed E-state index contributed by atoms with van der Waals surface area (Å²) in [5, 5.41) is 9.99. The number of rotatable bonds is 6. The highest BCUT2D eigenvalue weighted by molar-refractivity contribution is 5.91. The third-order valence-corrected chi connectivity index (χ3v) is 6.00. The number of benzene rings is 2. The monoisotopic (exact) mass is 432 g/mol. The molecule has 1 heterocycles. The molecule has 2 aromatic rings. The maximum Gasteiger partial charge on any atom is 0.326 e. The van der Waals surface area contributed by atoms with Gasteiger partial charge in [-0.05, 0) is 31.0 Å². The van der Waals surface area contributed by atoms with Crippen LogP contribution in [0, 0.1) is 17.8 Å². The Bertz CT molecular complexity index is 923. The highest BCUT2D eigenvalue weighted by atomic mass is 16.4. The van der Waals surface area contributed by atoms with Crippen molar-refractivity contribution in [3.63, 3.8) is 0 Å². The second kappa shape index (κ2) is 11.0. The van der Waals surface area contributed by atoms with Crippen LogP contribution in [-0.2, 0) is 9.59 Å². The molecule has 0 bridgehead atoms. The molecule has 1 saturated heterocycles. The van der Waals surface area contributed by atoms with Gasteiger partial charge < -0.3 is 10.0 Å². The van der Waals surface area contributed by atoms with Crippen LogP contribution >= 0.6 is 0 Å². The second-order valence-electron chi connectivity index (χ2n) is 8.71. The lowest BCUT2D eigenvalue weighted by Gasteiger charge is -2.41. The fourth-order valence-corrected chi connectivity index (χ4v) is 4.28. The third-order valence-electron chi connectivity index (χ3n) is 6.00. The Morgan fingerprint density at radius 3 is 2.12 bits per heavy atom. The summed E-state index contributed by atoms with van der Waals surface area (Å²) in [5.74, 6) is 5.00. The molecule has 2 aromatic carbocycles. The van der Waals surface area contributed by atoms with E-state index in [1.807, 2.05) is 81.6 Å². The average molecular weight is 433 g/mol. The van der Waals surface area contributed by atoms with Crippen LogP contribution in [0.25, 0.3) is 0 Å². The lowest BCUT2D eigenvalue weighted by Crippen LogP contribution is -2.55. The van der Waals surface area contributed by atoms with Crippen molar-refractivity contribution in [3.05, 3.63) is 71.8 Å². The number of carboxylic acid groups (broad SMARTS) is 1. The van der Waals surface area contributed by atoms with Gasteiger partial charge in [-0.1, -0.05) is 86.4 Å². The molecule has 0 radical (unpaired) electrons. The van der Waals surface area contributed by atoms with Crippen molar-refractivity contribution in [2.45, 2.75) is 44.7 Å². The molecule has 0 aromatic heterocycles. The largest absolute Gasteiger partial charge is 0.480 e. The SMILES string of the molecule is CC(C)C#CCN(C)[C@@H]1CCN(C(=O)C(c2ccccc2)c2ccccc2)[C@H](C(=O)O)C1. The van der Waals surface area contributed by atoms with Gasteiger partial charge in [0.2, 0.25) is 5.91 Å². The predicted octanol–water partition coefficient (Wildman–Crippen LogP) is 3.85. The number of amides is 1. The maximum absolute atomic E-state index is 13.8. The molecule has 0 saturated carbocycles. The standard InChI is InChI=1S/C27H32N2O3/c1-20(2)11-10-17-28(3)23-16-18-29(24(19-23)27(31)32)26(30)25(21-12-6-4-7-13-21)22-14-8-5-9-15-22/h4-9,12-15,20,23-25H,16-19H2,1-3H3,(H,31,32)/t23-,24+/m1/s1. The zero-order chi connectivity index (χ0) is 23.1. The van der Waals surface area contributed by atoms with Crippen LogP contribution < -0.4 is 0 Å². The number of nitrogens with zero attached hydrogens (tertiary/aromatic N) is 2. The van der Waals surface area contributed by atoms with E-state index in [4.69, 9.17) is 0 Å². The number of carbonyl (C=O) groups excluding carboxylic acids is 1. The minimum atomic E-state index is -0.954. The molecule has 1 amide bonds. The number of carboxylic acids is 1. The molecular weight excluding hydrogens is 400 g/mol. The van der Waals surface area contributed by atoms with E-state index in [9.17, 15) is 14.7 Å². The first kappa shape index (κ1) is 23.6. The highest BCUT2D eigenvalue weighted by Crippen LogP contribution is 2.31. The average Bonchev–Trinajstić information content (AvgIpc) is 2.80. The molecule has 32 heavy (non-hydrogen) atoms. The highest BCUT2D eigenvalue weighted by Gasteiger charge is 2.40. The molecule has 1 aliphatic heterocycles. The Morgan fingerprint density at radius 1 is 1.06 bits per heavy atom. The van der Waals surface area contributed by atoms with Crippen LogP contribution in [0.5, 0.6) is 0 Å². The van der Waals surface area contributed by atoms with Gasteiger partial charge in [-0.15, -0.1) is 0 Å². The predicted molar refractivity (Wildman–Crippen MR) is 126 cm³/mol. The molecule has 168 valence electrons. The molecule has 5 heteroatoms. The number of hydrogen-bond donors (Lipinski definition) is 1. The van der Waals surface area contributed by atoms with E-state index < -0.39 is 17.9 Å². The lowest BCUT2D eigenvalue weighted by molar-refractivity contribution is -0.153. The number of piperidine rings is 1. The summed E-state index contributed by atoms with van der Waals surface area (Å²) in [4.78, 5) is 29.6. The van der Waals surface area contributed by atoms with Crippen molar-refractivity contribution in [1.29, 1.82) is 0 Å². The Balaban J connectivity index is 1.83. The van der Waals surface area contributed by atoms with Crippen molar-refractivity contribution in [2.24, 2.45) is 5.92 Å². The fraction of sp³-hybridized carbons (Fsp3) is 0.407. The molecule has 2 atom stereocenters. The topological polar surface area (TPSA) is 60.9 Å². The molecule has 3 rings (SSSR count). The van der Waals surface area contributed by atoms with Gasteiger partial charge in [0.25, 0.3) is 0 Å². The molecule has 5 nitrogen and oxygen atoms in total. The van der Waals surface area contributed by atoms with Crippen molar-refractivity contribution in [3.8, 4) is 11.8 Å². The van der Waals surface area contributed by atoms with Gasteiger partial charge in [0.1, 0.15) is 6.04 Å². The van der Waals surface area contributed by atoms with E-state index in [1.54, 1.807) is 4.90 Å². The minimum Gasteiger partial charge on any atom is -0.480 e. The van der Waals surface area contributed by atoms with Crippen LogP contribution in [0.15, 0.2) is 60.7 Å². The van der Waals surface area contributed by atoms with E-state index in [1.165, 1.54) is 0 Å². The Labute approximate surface area is 191 Å². The number of hydrogen-bond acceptors (Lipinski definition) is 3. The van der Waals surface area contributed by atoms with E-state index in [0.29, 0.717) is 25.4 Å². The first-order valence-electron chi connectivity index (χ1n) is 11.2. The molecule has 0 unspecified atom stereocenters. The van der Waals surface area contributed by atoms with E-state index >= 15 is 0 Å². The summed E-state index contributed by atoms with van der Waals surface area (Å²) in [7, 11) is 1.98. The van der Waals surface area contributed by atoms with Crippen molar-refractivity contribution < 1.29 is 14.7 Å². The fourth-order valence-electron chi connectivity index (χ4n) is 4.28. The summed E-state index contributed by atoms with van der Waals surface area (Å²) in [5.41, 5.74) is 1.74. The Hall–Kier alpha value is -3.10. The van der Waals surface area contributed by atoms with Crippen LogP contribution in [0.2, 0.25) is 0 Å². The van der Waals surface area contributed by atoms with Gasteiger partial charge in [-0.25, -0.2) is 4.79 Å². The summed E-state index contributed by atoms with van der Waals surface area (Å²) in [6.07, 6.45) is 1.13. The normalized spacial score (nSPS) is 18.5. The summed E-state index contributed by atoms with van der Waals surface area (Å²) < 4.78 is 0. The first-order valence-corrected chi connectivity index (χ1v) is 11.2. The van der Waals surface area contributed by atoms with Crippen LogP contribution in [0.3, 0.4) is 0 Å².